The molecule has 0 radical (unpaired) electrons. The predicted octanol–water partition coefficient (Wildman–Crippen LogP) is -1.67. The molecule has 4 atom stereocenters. The number of phenolic OH excluding ortho intramolecular Hbond substituents is 3. The lowest BCUT2D eigenvalue weighted by atomic mass is 10.1. The van der Waals surface area contributed by atoms with E-state index >= 15 is 0 Å². The molecule has 1 saturated heterocycles. The molecule has 0 aliphatic carbocycles. The molecule has 1 aromatic heterocycles. The number of ether oxygens (including phenoxy) is 3. The van der Waals surface area contributed by atoms with Crippen LogP contribution in [0, 0.1) is 0 Å². The van der Waals surface area contributed by atoms with E-state index in [2.05, 4.69) is 0 Å². The van der Waals surface area contributed by atoms with Crippen molar-refractivity contribution in [2.45, 2.75) is 24.6 Å². The number of aliphatic hydroxyl groups excluding tert-OH is 3. The highest BCUT2D eigenvalue weighted by atomic mass is 35.5. The summed E-state index contributed by atoms with van der Waals surface area (Å²) in [6.45, 7) is -0.269. The summed E-state index contributed by atoms with van der Waals surface area (Å²) in [5.41, 5.74) is 0.535. The maximum atomic E-state index is 10.2. The Morgan fingerprint density at radius 2 is 1.69 bits per heavy atom. The third-order valence-electron chi connectivity index (χ3n) is 4.96. The van der Waals surface area contributed by atoms with E-state index in [1.54, 1.807) is 0 Å². The molecule has 2 heterocycles. The summed E-state index contributed by atoms with van der Waals surface area (Å²) in [6, 6.07) is 8.21. The molecule has 1 aliphatic heterocycles. The maximum absolute atomic E-state index is 10.2. The van der Waals surface area contributed by atoms with Crippen LogP contribution < -0.4 is 21.9 Å². The second kappa shape index (κ2) is 9.23. The molecule has 2 aromatic carbocycles. The maximum Gasteiger partial charge on any atom is 0.402 e. The number of halogens is 1. The highest BCUT2D eigenvalue weighted by Crippen LogP contribution is 2.42. The van der Waals surface area contributed by atoms with Gasteiger partial charge in [0.25, 0.3) is 0 Å². The van der Waals surface area contributed by atoms with Gasteiger partial charge in [0.2, 0.25) is 12.0 Å². The number of rotatable bonds is 4. The van der Waals surface area contributed by atoms with Gasteiger partial charge in [-0.15, -0.1) is 0 Å². The van der Waals surface area contributed by atoms with Crippen LogP contribution in [-0.2, 0) is 4.74 Å². The fraction of sp³-hybridized carbons (Fsp3) is 0.286. The average molecular weight is 469 g/mol. The molecule has 11 heteroatoms. The van der Waals surface area contributed by atoms with Gasteiger partial charge in [0.1, 0.15) is 35.2 Å². The van der Waals surface area contributed by atoms with Crippen molar-refractivity contribution in [3.05, 3.63) is 36.4 Å². The Balaban J connectivity index is 0.00000289. The molecule has 4 rings (SSSR count). The van der Waals surface area contributed by atoms with E-state index in [0.717, 1.165) is 6.07 Å². The van der Waals surface area contributed by atoms with Crippen molar-refractivity contribution in [3.8, 4) is 40.1 Å². The van der Waals surface area contributed by atoms with E-state index in [1.165, 1.54) is 37.4 Å². The van der Waals surface area contributed by atoms with Crippen molar-refractivity contribution in [3.63, 3.8) is 0 Å². The molecule has 6 N–H and O–H groups in total. The lowest BCUT2D eigenvalue weighted by Gasteiger charge is -2.34. The van der Waals surface area contributed by atoms with Gasteiger partial charge in [-0.05, 0) is 12.1 Å². The van der Waals surface area contributed by atoms with Crippen LogP contribution in [0.2, 0.25) is 0 Å². The van der Waals surface area contributed by atoms with Gasteiger partial charge in [-0.1, -0.05) is 0 Å². The number of fused-ring (bicyclic) bond motifs is 1. The fourth-order valence-corrected chi connectivity index (χ4v) is 3.30. The number of benzene rings is 2. The number of phenols is 3. The van der Waals surface area contributed by atoms with Crippen LogP contribution in [0.1, 0.15) is 0 Å². The Kier molecular flexibility index (Phi) is 6.82. The third kappa shape index (κ3) is 4.31. The zero-order valence-corrected chi connectivity index (χ0v) is 17.4. The number of methoxy groups -OCH3 is 1. The van der Waals surface area contributed by atoms with Crippen LogP contribution in [0.4, 0.5) is 0 Å². The van der Waals surface area contributed by atoms with Gasteiger partial charge in [-0.2, -0.15) is 0 Å². The summed E-state index contributed by atoms with van der Waals surface area (Å²) in [6.07, 6.45) is -5.67. The number of hydrogen-bond donors (Lipinski definition) is 6. The van der Waals surface area contributed by atoms with E-state index in [9.17, 15) is 30.6 Å². The summed E-state index contributed by atoms with van der Waals surface area (Å²) in [5.74, 6) is -0.321. The smallest absolute Gasteiger partial charge is 0.402 e. The summed E-state index contributed by atoms with van der Waals surface area (Å²) < 4.78 is 22.1. The first-order valence-corrected chi connectivity index (χ1v) is 9.31. The van der Waals surface area contributed by atoms with Crippen LogP contribution >= 0.6 is 0 Å². The van der Waals surface area contributed by atoms with E-state index in [4.69, 9.17) is 18.6 Å². The van der Waals surface area contributed by atoms with E-state index in [-0.39, 0.29) is 64.5 Å². The van der Waals surface area contributed by atoms with Crippen molar-refractivity contribution >= 4 is 11.0 Å². The molecule has 10 nitrogen and oxygen atoms in total. The Morgan fingerprint density at radius 3 is 2.41 bits per heavy atom. The summed E-state index contributed by atoms with van der Waals surface area (Å²) in [4.78, 5) is 0. The normalized spacial score (nSPS) is 22.9. The minimum Gasteiger partial charge on any atom is -1.00 e. The van der Waals surface area contributed by atoms with Crippen LogP contribution in [0.5, 0.6) is 28.7 Å². The summed E-state index contributed by atoms with van der Waals surface area (Å²) >= 11 is 0. The minimum absolute atomic E-state index is 0. The summed E-state index contributed by atoms with van der Waals surface area (Å²) in [7, 11) is 1.38. The molecular formula is C21H21ClO10. The van der Waals surface area contributed by atoms with E-state index in [1.807, 2.05) is 0 Å². The van der Waals surface area contributed by atoms with Crippen molar-refractivity contribution in [2.24, 2.45) is 0 Å². The van der Waals surface area contributed by atoms with Gasteiger partial charge in [0.05, 0.1) is 25.3 Å². The molecule has 1 fully saturated rings. The van der Waals surface area contributed by atoms with Crippen molar-refractivity contribution in [1.29, 1.82) is 0 Å². The van der Waals surface area contributed by atoms with E-state index in [0.29, 0.717) is 5.56 Å². The van der Waals surface area contributed by atoms with Crippen LogP contribution in [-0.4, -0.2) is 69.0 Å². The van der Waals surface area contributed by atoms with Crippen LogP contribution in [0.15, 0.2) is 40.8 Å². The molecule has 172 valence electrons. The number of aliphatic hydroxyl groups is 3. The largest absolute Gasteiger partial charge is 1.00 e. The van der Waals surface area contributed by atoms with Gasteiger partial charge >= 0.3 is 11.3 Å². The van der Waals surface area contributed by atoms with Crippen LogP contribution in [0.25, 0.3) is 22.3 Å². The SMILES string of the molecule is COc1cc(-c2[o+]c3cc(O)cc(O)c3cc2OC2OCC(O)C(O)C2O)ccc1O.[Cl-]. The first-order valence-electron chi connectivity index (χ1n) is 9.31. The molecule has 0 saturated carbocycles. The Hall–Kier alpha value is -3.02. The monoisotopic (exact) mass is 468 g/mol. The third-order valence-corrected chi connectivity index (χ3v) is 4.96. The predicted molar refractivity (Wildman–Crippen MR) is 106 cm³/mol. The number of aromatic hydroxyl groups is 3. The topological polar surface area (TPSA) is 160 Å². The van der Waals surface area contributed by atoms with Gasteiger partial charge in [0, 0.05) is 18.2 Å². The lowest BCUT2D eigenvalue weighted by Crippen LogP contribution is -3.00. The average Bonchev–Trinajstić information content (AvgIpc) is 2.74. The molecule has 4 unspecified atom stereocenters. The van der Waals surface area contributed by atoms with E-state index < -0.39 is 24.6 Å². The first-order chi connectivity index (χ1) is 14.8. The lowest BCUT2D eigenvalue weighted by molar-refractivity contribution is -0.242. The molecule has 32 heavy (non-hydrogen) atoms. The molecule has 3 aromatic rings. The highest BCUT2D eigenvalue weighted by Gasteiger charge is 2.40. The second-order valence-corrected chi connectivity index (χ2v) is 7.07. The molecule has 0 bridgehead atoms. The van der Waals surface area contributed by atoms with Crippen molar-refractivity contribution in [2.75, 3.05) is 13.7 Å². The van der Waals surface area contributed by atoms with Gasteiger partial charge in [-0.25, -0.2) is 4.42 Å². The molecule has 0 spiro atoms. The minimum atomic E-state index is -1.56. The zero-order valence-electron chi connectivity index (χ0n) is 16.7. The molecule has 1 aliphatic rings. The molecular weight excluding hydrogens is 448 g/mol. The Morgan fingerprint density at radius 1 is 0.938 bits per heavy atom. The second-order valence-electron chi connectivity index (χ2n) is 7.07. The van der Waals surface area contributed by atoms with Crippen LogP contribution in [0.3, 0.4) is 0 Å². The highest BCUT2D eigenvalue weighted by molar-refractivity contribution is 5.88. The van der Waals surface area contributed by atoms with Gasteiger partial charge in [-0.3, -0.25) is 0 Å². The Labute approximate surface area is 187 Å². The number of hydrogen-bond acceptors (Lipinski definition) is 9. The van der Waals surface area contributed by atoms with Gasteiger partial charge < -0.3 is 57.3 Å². The quantitative estimate of drug-likeness (QED) is 0.244. The zero-order chi connectivity index (χ0) is 22.3. The standard InChI is InChI=1S/C21H20O10.ClH/c1-28-16-4-9(2-3-12(16)23)20-17(31-21-19(27)18(26)14(25)8-29-21)7-11-13(24)5-10(22)6-15(11)30-20;/h2-7,14,18-19,21,25-27H,8H2,1H3,(H2-,22,23,24);1H. The Bertz CT molecular complexity index is 1120. The fourth-order valence-electron chi connectivity index (χ4n) is 3.30. The molecule has 0 amide bonds. The van der Waals surface area contributed by atoms with Crippen molar-refractivity contribution in [1.82, 2.24) is 0 Å². The van der Waals surface area contributed by atoms with Crippen molar-refractivity contribution < 1.29 is 61.7 Å². The first kappa shape index (κ1) is 23.6. The summed E-state index contributed by atoms with van der Waals surface area (Å²) in [5, 5.41) is 59.9. The van der Waals surface area contributed by atoms with Gasteiger partial charge in [0.15, 0.2) is 11.5 Å².